The van der Waals surface area contributed by atoms with Gasteiger partial charge in [0, 0.05) is 13.2 Å². The van der Waals surface area contributed by atoms with Gasteiger partial charge in [0.25, 0.3) is 5.56 Å². The van der Waals surface area contributed by atoms with Gasteiger partial charge in [0.2, 0.25) is 0 Å². The summed E-state index contributed by atoms with van der Waals surface area (Å²) in [6.07, 6.45) is 0. The molecule has 1 rings (SSSR count). The van der Waals surface area contributed by atoms with Crippen molar-refractivity contribution in [2.24, 2.45) is 0 Å². The smallest absolute Gasteiger partial charge is 0.325 e. The number of carboxylic acids is 1. The van der Waals surface area contributed by atoms with Gasteiger partial charge in [0.15, 0.2) is 0 Å². The molecule has 0 aliphatic carbocycles. The lowest BCUT2D eigenvalue weighted by Gasteiger charge is -1.96. The van der Waals surface area contributed by atoms with E-state index in [2.05, 4.69) is 5.10 Å². The first kappa shape index (κ1) is 9.53. The largest absolute Gasteiger partial charge is 0.480 e. The minimum absolute atomic E-state index is 0.266. The summed E-state index contributed by atoms with van der Waals surface area (Å²) in [5.41, 5.74) is 0.197. The maximum absolute atomic E-state index is 11.1. The minimum Gasteiger partial charge on any atom is -0.480 e. The van der Waals surface area contributed by atoms with E-state index in [9.17, 15) is 9.59 Å². The van der Waals surface area contributed by atoms with Gasteiger partial charge in [-0.3, -0.25) is 14.7 Å². The van der Waals surface area contributed by atoms with Crippen molar-refractivity contribution >= 4 is 5.97 Å². The van der Waals surface area contributed by atoms with Crippen LogP contribution in [0.5, 0.6) is 0 Å². The van der Waals surface area contributed by atoms with E-state index in [1.807, 2.05) is 0 Å². The third-order valence-electron chi connectivity index (χ3n) is 1.44. The number of methoxy groups -OCH3 is 1. The van der Waals surface area contributed by atoms with Crippen molar-refractivity contribution in [2.45, 2.75) is 13.2 Å². The monoisotopic (exact) mass is 186 g/mol. The summed E-state index contributed by atoms with van der Waals surface area (Å²) >= 11 is 0. The molecular formula is C7H10N2O4. The van der Waals surface area contributed by atoms with Crippen molar-refractivity contribution in [3.8, 4) is 0 Å². The number of hydrogen-bond donors (Lipinski definition) is 2. The lowest BCUT2D eigenvalue weighted by molar-refractivity contribution is -0.137. The number of H-pyrrole nitrogens is 1. The highest BCUT2D eigenvalue weighted by atomic mass is 16.5. The molecule has 72 valence electrons. The summed E-state index contributed by atoms with van der Waals surface area (Å²) in [4.78, 5) is 21.3. The highest BCUT2D eigenvalue weighted by molar-refractivity contribution is 5.66. The summed E-state index contributed by atoms with van der Waals surface area (Å²) in [5.74, 6) is -1.06. The second-order valence-electron chi connectivity index (χ2n) is 2.53. The zero-order chi connectivity index (χ0) is 9.84. The van der Waals surface area contributed by atoms with Crippen LogP contribution in [0.15, 0.2) is 10.9 Å². The highest BCUT2D eigenvalue weighted by Crippen LogP contribution is 1.91. The molecule has 0 aromatic carbocycles. The van der Waals surface area contributed by atoms with E-state index in [-0.39, 0.29) is 18.7 Å². The van der Waals surface area contributed by atoms with Crippen LogP contribution in [0.25, 0.3) is 0 Å². The van der Waals surface area contributed by atoms with Crippen molar-refractivity contribution in [1.29, 1.82) is 0 Å². The van der Waals surface area contributed by atoms with E-state index in [0.29, 0.717) is 5.69 Å². The first-order chi connectivity index (χ1) is 6.13. The Morgan fingerprint density at radius 3 is 3.00 bits per heavy atom. The highest BCUT2D eigenvalue weighted by Gasteiger charge is 2.05. The van der Waals surface area contributed by atoms with Crippen LogP contribution in [0.1, 0.15) is 5.69 Å². The van der Waals surface area contributed by atoms with Gasteiger partial charge in [-0.1, -0.05) is 0 Å². The Kier molecular flexibility index (Phi) is 2.86. The lowest BCUT2D eigenvalue weighted by atomic mass is 10.5. The summed E-state index contributed by atoms with van der Waals surface area (Å²) in [5, 5.41) is 11.0. The molecule has 0 radical (unpaired) electrons. The van der Waals surface area contributed by atoms with E-state index in [1.54, 1.807) is 0 Å². The Labute approximate surface area is 73.7 Å². The molecule has 0 unspecified atom stereocenters. The predicted molar refractivity (Wildman–Crippen MR) is 43.4 cm³/mol. The molecular weight excluding hydrogens is 176 g/mol. The van der Waals surface area contributed by atoms with Crippen LogP contribution in [-0.2, 0) is 22.7 Å². The van der Waals surface area contributed by atoms with E-state index < -0.39 is 5.97 Å². The molecule has 6 nitrogen and oxygen atoms in total. The zero-order valence-electron chi connectivity index (χ0n) is 7.11. The van der Waals surface area contributed by atoms with Gasteiger partial charge in [-0.15, -0.1) is 0 Å². The number of hydrogen-bond acceptors (Lipinski definition) is 3. The quantitative estimate of drug-likeness (QED) is 0.658. The Balaban J connectivity index is 2.83. The summed E-state index contributed by atoms with van der Waals surface area (Å²) < 4.78 is 5.78. The Hall–Kier alpha value is -1.56. The molecule has 2 N–H and O–H groups in total. The minimum atomic E-state index is -1.06. The molecule has 0 bridgehead atoms. The SMILES string of the molecule is COCc1cc(=O)n(CC(=O)O)[nH]1. The Bertz CT molecular complexity index is 352. The fraction of sp³-hybridized carbons (Fsp3) is 0.429. The summed E-state index contributed by atoms with van der Waals surface area (Å²) in [6, 6.07) is 1.31. The van der Waals surface area contributed by atoms with Crippen LogP contribution in [0, 0.1) is 0 Å². The molecule has 0 saturated heterocycles. The first-order valence-corrected chi connectivity index (χ1v) is 3.63. The number of carbonyl (C=O) groups is 1. The molecule has 0 atom stereocenters. The lowest BCUT2D eigenvalue weighted by Crippen LogP contribution is -2.20. The van der Waals surface area contributed by atoms with E-state index in [0.717, 1.165) is 4.68 Å². The molecule has 1 aromatic heterocycles. The van der Waals surface area contributed by atoms with Crippen molar-refractivity contribution in [2.75, 3.05) is 7.11 Å². The maximum Gasteiger partial charge on any atom is 0.325 e. The van der Waals surface area contributed by atoms with Crippen LogP contribution in [0.4, 0.5) is 0 Å². The molecule has 6 heteroatoms. The number of nitrogens with one attached hydrogen (secondary N) is 1. The second kappa shape index (κ2) is 3.90. The van der Waals surface area contributed by atoms with Gasteiger partial charge in [-0.25, -0.2) is 4.68 Å². The van der Waals surface area contributed by atoms with Crippen molar-refractivity contribution in [3.05, 3.63) is 22.1 Å². The first-order valence-electron chi connectivity index (χ1n) is 3.63. The number of aliphatic carboxylic acids is 1. The topological polar surface area (TPSA) is 84.3 Å². The van der Waals surface area contributed by atoms with Gasteiger partial charge in [-0.2, -0.15) is 0 Å². The normalized spacial score (nSPS) is 10.2. The molecule has 0 aliphatic heterocycles. The van der Waals surface area contributed by atoms with Gasteiger partial charge < -0.3 is 9.84 Å². The van der Waals surface area contributed by atoms with Crippen LogP contribution >= 0.6 is 0 Å². The zero-order valence-corrected chi connectivity index (χ0v) is 7.11. The molecule has 0 amide bonds. The third kappa shape index (κ3) is 2.45. The predicted octanol–water partition coefficient (Wildman–Crippen LogP) is -0.593. The molecule has 0 fully saturated rings. The van der Waals surface area contributed by atoms with Crippen LogP contribution in [0.2, 0.25) is 0 Å². The van der Waals surface area contributed by atoms with Crippen LogP contribution in [-0.4, -0.2) is 28.0 Å². The van der Waals surface area contributed by atoms with Gasteiger partial charge in [0.05, 0.1) is 12.3 Å². The maximum atomic E-state index is 11.1. The van der Waals surface area contributed by atoms with E-state index >= 15 is 0 Å². The Morgan fingerprint density at radius 2 is 2.46 bits per heavy atom. The average molecular weight is 186 g/mol. The second-order valence-corrected chi connectivity index (χ2v) is 2.53. The van der Waals surface area contributed by atoms with Crippen LogP contribution in [0.3, 0.4) is 0 Å². The number of ether oxygens (including phenoxy) is 1. The van der Waals surface area contributed by atoms with Crippen molar-refractivity contribution < 1.29 is 14.6 Å². The number of aromatic nitrogens is 2. The summed E-state index contributed by atoms with van der Waals surface area (Å²) in [6.45, 7) is -0.0929. The Morgan fingerprint density at radius 1 is 1.77 bits per heavy atom. The molecule has 0 spiro atoms. The fourth-order valence-corrected chi connectivity index (χ4v) is 0.970. The van der Waals surface area contributed by atoms with E-state index in [1.165, 1.54) is 13.2 Å². The standard InChI is InChI=1S/C7H10N2O4/c1-13-4-5-2-6(10)9(8-5)3-7(11)12/h2,8H,3-4H2,1H3,(H,11,12). The molecule has 0 aliphatic rings. The van der Waals surface area contributed by atoms with Gasteiger partial charge in [0.1, 0.15) is 6.54 Å². The summed E-state index contributed by atoms with van der Waals surface area (Å²) in [7, 11) is 1.49. The van der Waals surface area contributed by atoms with Gasteiger partial charge >= 0.3 is 5.97 Å². The number of nitrogens with zero attached hydrogens (tertiary/aromatic N) is 1. The molecule has 13 heavy (non-hydrogen) atoms. The van der Waals surface area contributed by atoms with Crippen molar-refractivity contribution in [3.63, 3.8) is 0 Å². The fourth-order valence-electron chi connectivity index (χ4n) is 0.970. The number of aromatic amines is 1. The molecule has 1 heterocycles. The molecule has 0 saturated carbocycles. The average Bonchev–Trinajstić information content (AvgIpc) is 2.31. The third-order valence-corrected chi connectivity index (χ3v) is 1.44. The number of carboxylic acid groups (broad SMARTS) is 1. The molecule has 1 aromatic rings. The van der Waals surface area contributed by atoms with E-state index in [4.69, 9.17) is 9.84 Å². The van der Waals surface area contributed by atoms with Gasteiger partial charge in [-0.05, 0) is 0 Å². The number of rotatable bonds is 4. The van der Waals surface area contributed by atoms with Crippen molar-refractivity contribution in [1.82, 2.24) is 9.78 Å². The van der Waals surface area contributed by atoms with Crippen LogP contribution < -0.4 is 5.56 Å².